The number of piperazine rings is 1. The Morgan fingerprint density at radius 1 is 1.53 bits per heavy atom. The molecule has 1 N–H and O–H groups in total. The summed E-state index contributed by atoms with van der Waals surface area (Å²) in [6.45, 7) is 6.59. The Hall–Kier alpha value is -0.930. The molecule has 1 unspecified atom stereocenters. The number of hydrogen-bond donors (Lipinski definition) is 1. The monoisotopic (exact) mass is 205 g/mol. The van der Waals surface area contributed by atoms with Crippen molar-refractivity contribution in [3.63, 3.8) is 0 Å². The largest absolute Gasteiger partial charge is 0.314 e. The molecule has 3 heteroatoms. The summed E-state index contributed by atoms with van der Waals surface area (Å²) >= 11 is 0. The van der Waals surface area contributed by atoms with E-state index in [4.69, 9.17) is 0 Å². The second kappa shape index (κ2) is 5.24. The van der Waals surface area contributed by atoms with E-state index in [-0.39, 0.29) is 0 Å². The van der Waals surface area contributed by atoms with Gasteiger partial charge in [-0.2, -0.15) is 0 Å². The molecular weight excluding hydrogens is 186 g/mol. The summed E-state index contributed by atoms with van der Waals surface area (Å²) < 4.78 is 0. The Kier molecular flexibility index (Phi) is 3.69. The SMILES string of the molecule is CCC1CNCCN1Cc1ccccn1. The third-order valence-electron chi connectivity index (χ3n) is 3.03. The quantitative estimate of drug-likeness (QED) is 0.805. The Morgan fingerprint density at radius 2 is 2.47 bits per heavy atom. The predicted molar refractivity (Wildman–Crippen MR) is 61.6 cm³/mol. The minimum atomic E-state index is 0.667. The molecule has 1 saturated heterocycles. The van der Waals surface area contributed by atoms with Crippen LogP contribution in [0.3, 0.4) is 0 Å². The van der Waals surface area contributed by atoms with E-state index in [1.54, 1.807) is 0 Å². The molecule has 1 aromatic heterocycles. The van der Waals surface area contributed by atoms with Crippen LogP contribution in [0.2, 0.25) is 0 Å². The van der Waals surface area contributed by atoms with Crippen LogP contribution in [-0.2, 0) is 6.54 Å². The number of aromatic nitrogens is 1. The fourth-order valence-corrected chi connectivity index (χ4v) is 2.11. The first-order chi connectivity index (χ1) is 7.40. The molecule has 1 aliphatic rings. The summed E-state index contributed by atoms with van der Waals surface area (Å²) in [6.07, 6.45) is 3.08. The van der Waals surface area contributed by atoms with E-state index in [1.807, 2.05) is 12.3 Å². The minimum absolute atomic E-state index is 0.667. The maximum atomic E-state index is 4.38. The second-order valence-electron chi connectivity index (χ2n) is 4.06. The number of hydrogen-bond acceptors (Lipinski definition) is 3. The molecule has 2 heterocycles. The smallest absolute Gasteiger partial charge is 0.0544 e. The number of pyridine rings is 1. The lowest BCUT2D eigenvalue weighted by Crippen LogP contribution is -2.50. The zero-order valence-corrected chi connectivity index (χ0v) is 9.32. The van der Waals surface area contributed by atoms with Crippen molar-refractivity contribution in [2.75, 3.05) is 19.6 Å². The molecule has 1 fully saturated rings. The summed E-state index contributed by atoms with van der Waals surface area (Å²) in [5.41, 5.74) is 1.18. The lowest BCUT2D eigenvalue weighted by atomic mass is 10.1. The van der Waals surface area contributed by atoms with Gasteiger partial charge in [0.15, 0.2) is 0 Å². The van der Waals surface area contributed by atoms with Gasteiger partial charge in [-0.1, -0.05) is 13.0 Å². The van der Waals surface area contributed by atoms with Gasteiger partial charge in [-0.05, 0) is 18.6 Å². The third kappa shape index (κ3) is 2.76. The van der Waals surface area contributed by atoms with Crippen molar-refractivity contribution >= 4 is 0 Å². The predicted octanol–water partition coefficient (Wildman–Crippen LogP) is 1.27. The molecule has 0 aromatic carbocycles. The fourth-order valence-electron chi connectivity index (χ4n) is 2.11. The second-order valence-corrected chi connectivity index (χ2v) is 4.06. The summed E-state index contributed by atoms with van der Waals surface area (Å²) in [4.78, 5) is 6.91. The molecule has 0 radical (unpaired) electrons. The van der Waals surface area contributed by atoms with Crippen LogP contribution in [0.5, 0.6) is 0 Å². The number of nitrogens with one attached hydrogen (secondary N) is 1. The van der Waals surface area contributed by atoms with Gasteiger partial charge in [-0.15, -0.1) is 0 Å². The molecule has 1 aliphatic heterocycles. The van der Waals surface area contributed by atoms with Gasteiger partial charge in [0.05, 0.1) is 5.69 Å². The molecule has 0 amide bonds. The lowest BCUT2D eigenvalue weighted by molar-refractivity contribution is 0.147. The highest BCUT2D eigenvalue weighted by Crippen LogP contribution is 2.10. The highest BCUT2D eigenvalue weighted by Gasteiger charge is 2.20. The summed E-state index contributed by atoms with van der Waals surface area (Å²) in [5.74, 6) is 0. The van der Waals surface area contributed by atoms with E-state index in [9.17, 15) is 0 Å². The first-order valence-electron chi connectivity index (χ1n) is 5.75. The van der Waals surface area contributed by atoms with Crippen LogP contribution in [0, 0.1) is 0 Å². The van der Waals surface area contributed by atoms with Gasteiger partial charge in [-0.3, -0.25) is 9.88 Å². The van der Waals surface area contributed by atoms with Crippen molar-refractivity contribution in [2.24, 2.45) is 0 Å². The molecule has 1 atom stereocenters. The summed E-state index contributed by atoms with van der Waals surface area (Å²) in [7, 11) is 0. The molecule has 3 nitrogen and oxygen atoms in total. The molecule has 82 valence electrons. The van der Waals surface area contributed by atoms with Crippen LogP contribution >= 0.6 is 0 Å². The zero-order chi connectivity index (χ0) is 10.5. The average molecular weight is 205 g/mol. The van der Waals surface area contributed by atoms with Crippen LogP contribution in [-0.4, -0.2) is 35.6 Å². The highest BCUT2D eigenvalue weighted by atomic mass is 15.2. The Bertz CT molecular complexity index is 286. The van der Waals surface area contributed by atoms with Crippen molar-refractivity contribution in [3.8, 4) is 0 Å². The van der Waals surface area contributed by atoms with Gasteiger partial charge in [0.25, 0.3) is 0 Å². The van der Waals surface area contributed by atoms with Gasteiger partial charge in [0.1, 0.15) is 0 Å². The van der Waals surface area contributed by atoms with Crippen molar-refractivity contribution in [3.05, 3.63) is 30.1 Å². The molecular formula is C12H19N3. The molecule has 2 rings (SSSR count). The van der Waals surface area contributed by atoms with E-state index in [0.29, 0.717) is 6.04 Å². The maximum Gasteiger partial charge on any atom is 0.0544 e. The van der Waals surface area contributed by atoms with Gasteiger partial charge >= 0.3 is 0 Å². The third-order valence-corrected chi connectivity index (χ3v) is 3.03. The number of nitrogens with zero attached hydrogens (tertiary/aromatic N) is 2. The van der Waals surface area contributed by atoms with Crippen LogP contribution in [0.25, 0.3) is 0 Å². The standard InChI is InChI=1S/C12H19N3/c1-2-12-9-13-7-8-15(12)10-11-5-3-4-6-14-11/h3-6,12-13H,2,7-10H2,1H3. The van der Waals surface area contributed by atoms with E-state index < -0.39 is 0 Å². The molecule has 0 aliphatic carbocycles. The summed E-state index contributed by atoms with van der Waals surface area (Å²) in [5, 5.41) is 3.44. The first kappa shape index (κ1) is 10.6. The van der Waals surface area contributed by atoms with Crippen molar-refractivity contribution in [1.29, 1.82) is 0 Å². The lowest BCUT2D eigenvalue weighted by Gasteiger charge is -2.35. The average Bonchev–Trinajstić information content (AvgIpc) is 2.31. The van der Waals surface area contributed by atoms with E-state index in [2.05, 4.69) is 34.3 Å². The van der Waals surface area contributed by atoms with Gasteiger partial charge in [0.2, 0.25) is 0 Å². The van der Waals surface area contributed by atoms with Crippen LogP contribution < -0.4 is 5.32 Å². The van der Waals surface area contributed by atoms with E-state index >= 15 is 0 Å². The van der Waals surface area contributed by atoms with Gasteiger partial charge < -0.3 is 5.32 Å². The molecule has 0 bridgehead atoms. The van der Waals surface area contributed by atoms with E-state index in [0.717, 1.165) is 26.2 Å². The Morgan fingerprint density at radius 3 is 3.20 bits per heavy atom. The maximum absolute atomic E-state index is 4.38. The normalized spacial score (nSPS) is 22.9. The molecule has 0 spiro atoms. The van der Waals surface area contributed by atoms with Gasteiger partial charge in [-0.25, -0.2) is 0 Å². The van der Waals surface area contributed by atoms with Crippen LogP contribution in [0.15, 0.2) is 24.4 Å². The highest BCUT2D eigenvalue weighted by molar-refractivity contribution is 5.03. The Labute approximate surface area is 91.5 Å². The minimum Gasteiger partial charge on any atom is -0.314 e. The van der Waals surface area contributed by atoms with E-state index in [1.165, 1.54) is 12.1 Å². The van der Waals surface area contributed by atoms with Crippen molar-refractivity contribution < 1.29 is 0 Å². The fraction of sp³-hybridized carbons (Fsp3) is 0.583. The number of rotatable bonds is 3. The van der Waals surface area contributed by atoms with Crippen molar-refractivity contribution in [1.82, 2.24) is 15.2 Å². The molecule has 15 heavy (non-hydrogen) atoms. The summed E-state index contributed by atoms with van der Waals surface area (Å²) in [6, 6.07) is 6.81. The Balaban J connectivity index is 1.97. The first-order valence-corrected chi connectivity index (χ1v) is 5.75. The van der Waals surface area contributed by atoms with Crippen molar-refractivity contribution in [2.45, 2.75) is 25.9 Å². The molecule has 1 aromatic rings. The van der Waals surface area contributed by atoms with Crippen LogP contribution in [0.1, 0.15) is 19.0 Å². The van der Waals surface area contributed by atoms with Crippen LogP contribution in [0.4, 0.5) is 0 Å². The topological polar surface area (TPSA) is 28.2 Å². The molecule has 0 saturated carbocycles. The zero-order valence-electron chi connectivity index (χ0n) is 9.32. The van der Waals surface area contributed by atoms with Gasteiger partial charge in [0, 0.05) is 38.4 Å².